The van der Waals surface area contributed by atoms with Gasteiger partial charge in [0.1, 0.15) is 15.7 Å². The SMILES string of the molecule is NC(=S)c1cncc(SCc2ccccc2)n1. The lowest BCUT2D eigenvalue weighted by molar-refractivity contribution is 1.04. The minimum atomic E-state index is 0.277. The summed E-state index contributed by atoms with van der Waals surface area (Å²) in [4.78, 5) is 8.67. The Labute approximate surface area is 109 Å². The molecule has 0 atom stereocenters. The Kier molecular flexibility index (Phi) is 4.06. The number of nitrogens with two attached hydrogens (primary N) is 1. The van der Waals surface area contributed by atoms with E-state index in [2.05, 4.69) is 22.1 Å². The van der Waals surface area contributed by atoms with Crippen molar-refractivity contribution in [2.45, 2.75) is 10.8 Å². The zero-order chi connectivity index (χ0) is 12.1. The molecule has 2 rings (SSSR count). The van der Waals surface area contributed by atoms with Gasteiger partial charge in [0.05, 0.1) is 12.4 Å². The molecular weight excluding hydrogens is 250 g/mol. The van der Waals surface area contributed by atoms with Crippen LogP contribution in [0.2, 0.25) is 0 Å². The largest absolute Gasteiger partial charge is 0.388 e. The Morgan fingerprint density at radius 1 is 1.24 bits per heavy atom. The molecule has 0 aliphatic heterocycles. The molecule has 0 fully saturated rings. The zero-order valence-corrected chi connectivity index (χ0v) is 10.7. The number of nitrogens with zero attached hydrogens (tertiary/aromatic N) is 2. The third-order valence-electron chi connectivity index (χ3n) is 2.09. The van der Waals surface area contributed by atoms with Gasteiger partial charge in [0.25, 0.3) is 0 Å². The number of benzene rings is 1. The van der Waals surface area contributed by atoms with Crippen LogP contribution in [0, 0.1) is 0 Å². The van der Waals surface area contributed by atoms with Crippen LogP contribution < -0.4 is 5.73 Å². The summed E-state index contributed by atoms with van der Waals surface area (Å²) in [7, 11) is 0. The molecule has 0 saturated heterocycles. The second-order valence-electron chi connectivity index (χ2n) is 3.38. The second-order valence-corrected chi connectivity index (χ2v) is 4.82. The summed E-state index contributed by atoms with van der Waals surface area (Å²) in [6.45, 7) is 0. The highest BCUT2D eigenvalue weighted by molar-refractivity contribution is 7.98. The molecule has 5 heteroatoms. The summed E-state index contributed by atoms with van der Waals surface area (Å²) in [5, 5.41) is 0.833. The average Bonchev–Trinajstić information content (AvgIpc) is 2.38. The topological polar surface area (TPSA) is 51.8 Å². The Bertz CT molecular complexity index is 514. The van der Waals surface area contributed by atoms with Crippen LogP contribution in [0.25, 0.3) is 0 Å². The molecule has 0 spiro atoms. The first-order chi connectivity index (χ1) is 8.25. The molecule has 17 heavy (non-hydrogen) atoms. The van der Waals surface area contributed by atoms with Crippen molar-refractivity contribution < 1.29 is 0 Å². The molecule has 1 aromatic carbocycles. The molecule has 0 amide bonds. The molecule has 0 aliphatic rings. The third-order valence-corrected chi connectivity index (χ3v) is 3.27. The molecule has 0 unspecified atom stereocenters. The number of thiocarbonyl (C=S) groups is 1. The van der Waals surface area contributed by atoms with Gasteiger partial charge in [-0.25, -0.2) is 4.98 Å². The summed E-state index contributed by atoms with van der Waals surface area (Å²) < 4.78 is 0. The van der Waals surface area contributed by atoms with E-state index >= 15 is 0 Å². The van der Waals surface area contributed by atoms with E-state index in [0.717, 1.165) is 10.8 Å². The summed E-state index contributed by atoms with van der Waals surface area (Å²) in [5.41, 5.74) is 7.33. The van der Waals surface area contributed by atoms with Gasteiger partial charge in [0.2, 0.25) is 0 Å². The maximum Gasteiger partial charge on any atom is 0.124 e. The molecule has 86 valence electrons. The van der Waals surface area contributed by atoms with E-state index in [1.807, 2.05) is 18.2 Å². The molecule has 3 nitrogen and oxygen atoms in total. The molecule has 1 heterocycles. The predicted molar refractivity (Wildman–Crippen MR) is 73.9 cm³/mol. The van der Waals surface area contributed by atoms with Crippen molar-refractivity contribution in [3.8, 4) is 0 Å². The van der Waals surface area contributed by atoms with Crippen molar-refractivity contribution in [3.05, 3.63) is 54.0 Å². The van der Waals surface area contributed by atoms with E-state index < -0.39 is 0 Å². The van der Waals surface area contributed by atoms with Gasteiger partial charge in [-0.15, -0.1) is 11.8 Å². The number of thioether (sulfide) groups is 1. The summed E-state index contributed by atoms with van der Waals surface area (Å²) in [6, 6.07) is 10.2. The number of hydrogen-bond acceptors (Lipinski definition) is 4. The van der Waals surface area contributed by atoms with Crippen LogP contribution in [0.5, 0.6) is 0 Å². The van der Waals surface area contributed by atoms with Gasteiger partial charge in [-0.3, -0.25) is 4.98 Å². The van der Waals surface area contributed by atoms with Gasteiger partial charge in [-0.2, -0.15) is 0 Å². The second kappa shape index (κ2) is 5.75. The molecule has 0 radical (unpaired) electrons. The molecule has 2 aromatic rings. The Morgan fingerprint density at radius 2 is 2.00 bits per heavy atom. The van der Waals surface area contributed by atoms with E-state index in [4.69, 9.17) is 18.0 Å². The van der Waals surface area contributed by atoms with Gasteiger partial charge in [0, 0.05) is 5.75 Å². The fourth-order valence-electron chi connectivity index (χ4n) is 1.27. The van der Waals surface area contributed by atoms with Crippen molar-refractivity contribution in [3.63, 3.8) is 0 Å². The quantitative estimate of drug-likeness (QED) is 0.676. The number of rotatable bonds is 4. The molecule has 2 N–H and O–H groups in total. The van der Waals surface area contributed by atoms with Crippen LogP contribution in [0.1, 0.15) is 11.3 Å². The van der Waals surface area contributed by atoms with E-state index in [9.17, 15) is 0 Å². The summed E-state index contributed by atoms with van der Waals surface area (Å²) in [6.07, 6.45) is 3.30. The van der Waals surface area contributed by atoms with Gasteiger partial charge in [0.15, 0.2) is 0 Å². The van der Waals surface area contributed by atoms with Crippen LogP contribution in [0.15, 0.2) is 47.8 Å². The maximum atomic E-state index is 5.51. The summed E-state index contributed by atoms with van der Waals surface area (Å²) >= 11 is 6.48. The van der Waals surface area contributed by atoms with E-state index in [0.29, 0.717) is 5.69 Å². The fourth-order valence-corrected chi connectivity index (χ4v) is 2.17. The van der Waals surface area contributed by atoms with Crippen LogP contribution in [0.3, 0.4) is 0 Å². The smallest absolute Gasteiger partial charge is 0.124 e. The first-order valence-electron chi connectivity index (χ1n) is 5.04. The van der Waals surface area contributed by atoms with Crippen molar-refractivity contribution >= 4 is 29.0 Å². The predicted octanol–water partition coefficient (Wildman–Crippen LogP) is 2.40. The standard InChI is InChI=1S/C12H11N3S2/c13-12(16)10-6-14-7-11(15-10)17-8-9-4-2-1-3-5-9/h1-7H,8H2,(H2,13,16). The fraction of sp³-hybridized carbons (Fsp3) is 0.0833. The first-order valence-corrected chi connectivity index (χ1v) is 6.43. The van der Waals surface area contributed by atoms with Crippen LogP contribution in [-0.4, -0.2) is 15.0 Å². The minimum absolute atomic E-state index is 0.277. The molecule has 0 saturated carbocycles. The lowest BCUT2D eigenvalue weighted by Crippen LogP contribution is -2.12. The molecule has 0 aliphatic carbocycles. The zero-order valence-electron chi connectivity index (χ0n) is 9.04. The van der Waals surface area contributed by atoms with Crippen LogP contribution >= 0.6 is 24.0 Å². The van der Waals surface area contributed by atoms with E-state index in [1.54, 1.807) is 24.2 Å². The van der Waals surface area contributed by atoms with Gasteiger partial charge in [-0.05, 0) is 5.56 Å². The van der Waals surface area contributed by atoms with Gasteiger partial charge >= 0.3 is 0 Å². The molecular formula is C12H11N3S2. The van der Waals surface area contributed by atoms with Crippen molar-refractivity contribution in [2.24, 2.45) is 5.73 Å². The lowest BCUT2D eigenvalue weighted by Gasteiger charge is -2.02. The highest BCUT2D eigenvalue weighted by atomic mass is 32.2. The van der Waals surface area contributed by atoms with E-state index in [1.165, 1.54) is 5.56 Å². The van der Waals surface area contributed by atoms with Crippen molar-refractivity contribution in [1.82, 2.24) is 9.97 Å². The Balaban J connectivity index is 2.04. The minimum Gasteiger partial charge on any atom is -0.388 e. The monoisotopic (exact) mass is 261 g/mol. The van der Waals surface area contributed by atoms with Crippen molar-refractivity contribution in [2.75, 3.05) is 0 Å². The lowest BCUT2D eigenvalue weighted by atomic mass is 10.2. The highest BCUT2D eigenvalue weighted by Gasteiger charge is 2.02. The number of hydrogen-bond donors (Lipinski definition) is 1. The first kappa shape index (κ1) is 12.0. The van der Waals surface area contributed by atoms with Gasteiger partial charge < -0.3 is 5.73 Å². The number of aromatic nitrogens is 2. The van der Waals surface area contributed by atoms with Crippen LogP contribution in [-0.2, 0) is 5.75 Å². The highest BCUT2D eigenvalue weighted by Crippen LogP contribution is 2.19. The van der Waals surface area contributed by atoms with Gasteiger partial charge in [-0.1, -0.05) is 42.5 Å². The molecule has 0 bridgehead atoms. The normalized spacial score (nSPS) is 10.1. The Morgan fingerprint density at radius 3 is 2.71 bits per heavy atom. The van der Waals surface area contributed by atoms with E-state index in [-0.39, 0.29) is 4.99 Å². The van der Waals surface area contributed by atoms with Crippen molar-refractivity contribution in [1.29, 1.82) is 0 Å². The third kappa shape index (κ3) is 3.51. The van der Waals surface area contributed by atoms with Crippen LogP contribution in [0.4, 0.5) is 0 Å². The Hall–Kier alpha value is -1.46. The average molecular weight is 261 g/mol. The molecule has 1 aromatic heterocycles. The summed E-state index contributed by atoms with van der Waals surface area (Å²) in [5.74, 6) is 0.857. The maximum absolute atomic E-state index is 5.51.